The van der Waals surface area contributed by atoms with Gasteiger partial charge in [0, 0.05) is 74.1 Å². The minimum atomic E-state index is -4.92. The van der Waals surface area contributed by atoms with Gasteiger partial charge < -0.3 is 133 Å². The average molecular weight is 1920 g/mol. The first-order valence-corrected chi connectivity index (χ1v) is 43.7. The lowest BCUT2D eigenvalue weighted by molar-refractivity contribution is -0.334. The van der Waals surface area contributed by atoms with Crippen LogP contribution in [-0.4, -0.2) is 273 Å². The van der Waals surface area contributed by atoms with Gasteiger partial charge in [0.05, 0.1) is 53.7 Å². The molecule has 0 aromatic heterocycles. The Kier molecular flexibility index (Phi) is 31.9. The van der Waals surface area contributed by atoms with Crippen molar-refractivity contribution >= 4 is 92.3 Å². The predicted molar refractivity (Wildman–Crippen MR) is 454 cm³/mol. The van der Waals surface area contributed by atoms with E-state index >= 15 is 24.0 Å². The second-order valence-corrected chi connectivity index (χ2v) is 35.0. The summed E-state index contributed by atoms with van der Waals surface area (Å²) in [5, 5.41) is 131. The van der Waals surface area contributed by atoms with Crippen molar-refractivity contribution in [3.05, 3.63) is 141 Å². The van der Waals surface area contributed by atoms with Gasteiger partial charge in [0.25, 0.3) is 16.0 Å². The van der Waals surface area contributed by atoms with E-state index in [1.165, 1.54) is 32.2 Å². The number of urea groups is 1. The average Bonchev–Trinajstić information content (AvgIpc) is 0.763. The number of hydrogen-bond donors (Lipinski definition) is 22. The first-order valence-electron chi connectivity index (χ1n) is 41.3. The summed E-state index contributed by atoms with van der Waals surface area (Å²) < 4.78 is 114. The number of benzene rings is 6. The molecule has 0 aliphatic carbocycles. The van der Waals surface area contributed by atoms with Crippen LogP contribution in [0.4, 0.5) is 23.7 Å². The number of anilines is 1. The highest BCUT2D eigenvalue weighted by Crippen LogP contribution is 2.50. The molecule has 716 valence electrons. The quantitative estimate of drug-likeness (QED) is 0.0218. The summed E-state index contributed by atoms with van der Waals surface area (Å²) in [5.74, 6) is -17.7. The van der Waals surface area contributed by atoms with E-state index in [9.17, 15) is 91.3 Å². The van der Waals surface area contributed by atoms with Crippen LogP contribution in [0.1, 0.15) is 112 Å². The molecule has 14 rings (SSSR count). The summed E-state index contributed by atoms with van der Waals surface area (Å²) in [6.45, 7) is 7.17. The fraction of sp³-hybridized carbons (Fsp3) is 0.458. The van der Waals surface area contributed by atoms with E-state index in [1.54, 1.807) is 25.8 Å². The lowest BCUT2D eigenvalue weighted by atomic mass is 9.85. The molecule has 6 aromatic carbocycles. The number of aromatic hydroxyl groups is 3. The first-order chi connectivity index (χ1) is 62.3. The molecule has 49 heteroatoms. The number of nitrogens with zero attached hydrogens (tertiary/aromatic N) is 2. The van der Waals surface area contributed by atoms with Crippen molar-refractivity contribution in [1.82, 2.24) is 63.3 Å². The number of aliphatic hydroxyl groups is 6. The summed E-state index contributed by atoms with van der Waals surface area (Å²) >= 11 is 14.4. The van der Waals surface area contributed by atoms with E-state index in [4.69, 9.17) is 62.2 Å². The molecule has 8 heterocycles. The van der Waals surface area contributed by atoms with Gasteiger partial charge in [-0.05, 0) is 146 Å². The largest absolute Gasteiger partial charge is 0.573 e. The molecule has 23 N–H and O–H groups in total. The highest BCUT2D eigenvalue weighted by molar-refractivity contribution is 7.85. The number of likely N-dealkylation sites (N-methyl/N-ethyl adjacent to an activating group) is 1. The van der Waals surface area contributed by atoms with Crippen molar-refractivity contribution in [1.29, 1.82) is 0 Å². The summed E-state index contributed by atoms with van der Waals surface area (Å²) in [6.07, 6.45) is -24.9. The molecule has 18 unspecified atom stereocenters. The van der Waals surface area contributed by atoms with Crippen LogP contribution in [0.2, 0.25) is 10.0 Å². The Morgan fingerprint density at radius 1 is 0.727 bits per heavy atom. The van der Waals surface area contributed by atoms with Crippen molar-refractivity contribution in [3.8, 4) is 62.9 Å². The van der Waals surface area contributed by atoms with Gasteiger partial charge in [-0.2, -0.15) is 8.42 Å². The SMILES string of the molecule is CNC(CC(C)C)C(=O)NC1C(=O)NC(CC(N)=O)C(=O)NC2C(=O)NC3C(=O)NC(C(=O)NC(C(=O)NOCCCS(=O)(=O)O)c4cc(O)cc(O)c4-c4cc3ccc4O)C(O)c3ccc(c(Cl)c3)Oc3cc2cc(c3OC2OC(CO)C(O)C(O)C2OC2CC(C)(NCCN3CCN(NC(=O)Nc4ccc(OC(F)(F)F)cc4)CC3)C(O)C(C)O2)Oc2ccc(cc2Cl)C1O. The normalized spacial score (nSPS) is 26.4. The van der Waals surface area contributed by atoms with Gasteiger partial charge >= 0.3 is 12.4 Å². The molecule has 43 nitrogen and oxygen atoms in total. The Balaban J connectivity index is 0.960. The van der Waals surface area contributed by atoms with Crippen LogP contribution in [0.5, 0.6) is 51.7 Å². The standard InChI is InChI=1S/C83H99Cl2F3N14O29S/c1-36(2)25-49(90-5)73(113)97-64-66(108)39-8-15-53(47(84)27-39)126-55-29-41-30-56(70(55)130-80-71(69(111)68(110)57(35-103)128-80)129-59-34-82(4,72(112)37(3)125-59)91-17-18-101-19-21-102(22-20-101)99-81(120)92-42-10-12-44(13-11-42)131-83(86,87)88)127-54-16-9-40(28-48(54)85)67(109)65-78(118)96-63(79(119)100-124-23-6-24-132(121,122)123)46-31-43(104)32-52(106)60(46)45-26-38(7-14-51(45)105)61(75(115)98-65)95-76(116)62(41)94-74(114)50(33-58(89)107)93-77(64)117/h7-16,26-32,36-37,49-50,57,59,61-69,71-72,80,90-91,103-106,108-112H,6,17-25,33-35H2,1-5H3,(H2,89,107)(H,93,117)(H,94,114)(H,95,116)(H,96,118)(H,97,113)(H,98,115)(H,100,119)(H2,92,99,120)(H,121,122,123). The number of carbonyl (C=O) groups excluding carboxylic acids is 9. The van der Waals surface area contributed by atoms with E-state index in [0.29, 0.717) is 32.7 Å². The third kappa shape index (κ3) is 24.4. The molecule has 132 heavy (non-hydrogen) atoms. The Hall–Kier alpha value is -11.3. The maximum Gasteiger partial charge on any atom is 0.573 e. The molecule has 0 spiro atoms. The number of hydroxylamine groups is 1. The van der Waals surface area contributed by atoms with Crippen molar-refractivity contribution < 1.29 is 153 Å². The molecular weight excluding hydrogens is 1820 g/mol. The monoisotopic (exact) mass is 1910 g/mol. The summed E-state index contributed by atoms with van der Waals surface area (Å²) in [5.41, 5.74) is 6.22. The lowest BCUT2D eigenvalue weighted by Crippen LogP contribution is -2.66. The van der Waals surface area contributed by atoms with E-state index in [2.05, 4.69) is 58.0 Å². The number of phenolic OH excluding ortho intramolecular Hbond substituents is 3. The minimum Gasteiger partial charge on any atom is -0.508 e. The van der Waals surface area contributed by atoms with E-state index in [0.717, 1.165) is 84.9 Å². The number of phenols is 3. The number of hydrazine groups is 1. The lowest BCUT2D eigenvalue weighted by Gasteiger charge is -2.48. The first kappa shape index (κ1) is 99.7. The molecule has 8 aliphatic rings. The number of piperazine rings is 1. The molecule has 0 radical (unpaired) electrons. The molecule has 3 saturated heterocycles. The highest BCUT2D eigenvalue weighted by Gasteiger charge is 2.53. The van der Waals surface area contributed by atoms with Crippen molar-refractivity contribution in [2.45, 2.75) is 169 Å². The van der Waals surface area contributed by atoms with Gasteiger partial charge in [-0.1, -0.05) is 55.2 Å². The zero-order valence-electron chi connectivity index (χ0n) is 70.9. The number of ether oxygens (including phenoxy) is 7. The van der Waals surface area contributed by atoms with Gasteiger partial charge in [0.2, 0.25) is 53.4 Å². The maximum absolute atomic E-state index is 16.4. The zero-order chi connectivity index (χ0) is 95.9. The molecule has 6 aromatic rings. The fourth-order valence-electron chi connectivity index (χ4n) is 15.8. The summed E-state index contributed by atoms with van der Waals surface area (Å²) in [6, 6.07) is 2.42. The van der Waals surface area contributed by atoms with E-state index in [-0.39, 0.29) is 42.1 Å². The number of hydrogen-bond acceptors (Lipinski definition) is 32. The third-order valence-corrected chi connectivity index (χ3v) is 23.9. The number of carbonyl (C=O) groups is 9. The molecule has 0 saturated carbocycles. The highest BCUT2D eigenvalue weighted by atomic mass is 35.5. The van der Waals surface area contributed by atoms with Crippen molar-refractivity contribution in [3.63, 3.8) is 0 Å². The van der Waals surface area contributed by atoms with Gasteiger partial charge in [-0.25, -0.2) is 15.3 Å². The zero-order valence-corrected chi connectivity index (χ0v) is 73.2. The third-order valence-electron chi connectivity index (χ3n) is 22.5. The minimum absolute atomic E-state index is 0.142. The molecule has 10 amide bonds. The number of alkyl halides is 3. The van der Waals surface area contributed by atoms with Gasteiger partial charge in [0.1, 0.15) is 101 Å². The number of amides is 10. The van der Waals surface area contributed by atoms with Crippen LogP contribution in [0.25, 0.3) is 11.1 Å². The summed E-state index contributed by atoms with van der Waals surface area (Å²) in [7, 11) is -3.10. The number of primary amides is 1. The Morgan fingerprint density at radius 3 is 1.97 bits per heavy atom. The Morgan fingerprint density at radius 2 is 1.36 bits per heavy atom. The number of nitrogens with two attached hydrogens (primary N) is 1. The maximum atomic E-state index is 16.4. The molecule has 11 bridgehead atoms. The van der Waals surface area contributed by atoms with E-state index in [1.807, 2.05) is 10.4 Å². The fourth-order valence-corrected chi connectivity index (χ4v) is 16.7. The predicted octanol–water partition coefficient (Wildman–Crippen LogP) is 1.23. The molecule has 8 aliphatic heterocycles. The second-order valence-electron chi connectivity index (χ2n) is 32.6. The van der Waals surface area contributed by atoms with Crippen LogP contribution in [0, 0.1) is 5.92 Å². The van der Waals surface area contributed by atoms with Crippen molar-refractivity contribution in [2.24, 2.45) is 11.7 Å². The summed E-state index contributed by atoms with van der Waals surface area (Å²) in [4.78, 5) is 141. The molecular formula is C83H99Cl2F3N14O29S. The number of aliphatic hydroxyl groups excluding tert-OH is 6. The Bertz CT molecular complexity index is 5410. The van der Waals surface area contributed by atoms with Gasteiger partial charge in [-0.15, -0.1) is 13.2 Å². The van der Waals surface area contributed by atoms with Crippen LogP contribution in [0.3, 0.4) is 0 Å². The molecule has 18 atom stereocenters. The molecule has 3 fully saturated rings. The number of nitrogens with one attached hydrogen (secondary N) is 11. The van der Waals surface area contributed by atoms with Crippen LogP contribution in [-0.2, 0) is 67.5 Å². The Labute approximate surface area is 760 Å². The van der Waals surface area contributed by atoms with Crippen LogP contribution >= 0.6 is 23.2 Å². The van der Waals surface area contributed by atoms with Crippen LogP contribution < -0.4 is 83.4 Å². The topological polar surface area (TPSA) is 629 Å². The van der Waals surface area contributed by atoms with Gasteiger partial charge in [-0.3, -0.25) is 58.1 Å². The van der Waals surface area contributed by atoms with Gasteiger partial charge in [0.15, 0.2) is 23.9 Å². The number of rotatable bonds is 25. The van der Waals surface area contributed by atoms with Crippen LogP contribution in [0.15, 0.2) is 103 Å². The van der Waals surface area contributed by atoms with Crippen molar-refractivity contribution in [2.75, 3.05) is 70.6 Å². The number of fused-ring (bicyclic) bond motifs is 15. The van der Waals surface area contributed by atoms with E-state index < -0.39 is 300 Å². The smallest absolute Gasteiger partial charge is 0.508 e. The second kappa shape index (κ2) is 42.3. The number of halogens is 5.